The fraction of sp³-hybridized carbons (Fsp3) is 0.933. The normalized spacial score (nSPS) is 40.5. The van der Waals surface area contributed by atoms with Crippen LogP contribution in [0.1, 0.15) is 46.5 Å². The monoisotopic (exact) mass is 315 g/mol. The lowest BCUT2D eigenvalue weighted by Crippen LogP contribution is -2.41. The third-order valence-electron chi connectivity index (χ3n) is 6.50. The van der Waals surface area contributed by atoms with E-state index in [1.807, 2.05) is 0 Å². The molecule has 21 heavy (non-hydrogen) atoms. The summed E-state index contributed by atoms with van der Waals surface area (Å²) in [6.45, 7) is 7.06. The Bertz CT molecular complexity index is 556. The zero-order chi connectivity index (χ0) is 15.5. The molecule has 0 aromatic heterocycles. The minimum atomic E-state index is -3.23. The van der Waals surface area contributed by atoms with Crippen molar-refractivity contribution in [2.45, 2.75) is 52.6 Å². The largest absolute Gasteiger partial charge is 0.461 e. The van der Waals surface area contributed by atoms with Gasteiger partial charge in [-0.05, 0) is 37.0 Å². The van der Waals surface area contributed by atoms with Crippen LogP contribution in [0.3, 0.4) is 0 Å². The molecule has 0 N–H and O–H groups in total. The van der Waals surface area contributed by atoms with Crippen molar-refractivity contribution in [3.05, 3.63) is 0 Å². The molecule has 5 nitrogen and oxygen atoms in total. The van der Waals surface area contributed by atoms with Gasteiger partial charge in [0.1, 0.15) is 12.6 Å². The third kappa shape index (κ3) is 2.22. The molecule has 0 aromatic rings. The smallest absolute Gasteiger partial charge is 0.321 e. The zero-order valence-electron chi connectivity index (χ0n) is 13.1. The van der Waals surface area contributed by atoms with E-state index in [1.165, 1.54) is 10.7 Å². The van der Waals surface area contributed by atoms with Gasteiger partial charge in [0.05, 0.1) is 5.75 Å². The molecule has 0 radical (unpaired) electrons. The predicted molar refractivity (Wildman–Crippen MR) is 79.1 cm³/mol. The van der Waals surface area contributed by atoms with Crippen LogP contribution in [0.15, 0.2) is 0 Å². The maximum Gasteiger partial charge on any atom is 0.321 e. The van der Waals surface area contributed by atoms with Gasteiger partial charge in [-0.15, -0.1) is 0 Å². The van der Waals surface area contributed by atoms with Crippen LogP contribution in [0.5, 0.6) is 0 Å². The van der Waals surface area contributed by atoms with Gasteiger partial charge < -0.3 is 4.74 Å². The Labute approximate surface area is 127 Å². The molecular formula is C15H25NO4S. The van der Waals surface area contributed by atoms with Gasteiger partial charge in [0.2, 0.25) is 10.0 Å². The topological polar surface area (TPSA) is 63.7 Å². The Kier molecular flexibility index (Phi) is 3.41. The first-order chi connectivity index (χ1) is 9.67. The maximum absolute atomic E-state index is 12.1. The van der Waals surface area contributed by atoms with Crippen molar-refractivity contribution in [1.29, 1.82) is 0 Å². The zero-order valence-corrected chi connectivity index (χ0v) is 13.9. The van der Waals surface area contributed by atoms with Crippen LogP contribution in [0.25, 0.3) is 0 Å². The van der Waals surface area contributed by atoms with Crippen LogP contribution in [0.2, 0.25) is 0 Å². The lowest BCUT2D eigenvalue weighted by Gasteiger charge is -2.38. The highest BCUT2D eigenvalue weighted by molar-refractivity contribution is 7.89. The molecule has 3 aliphatic rings. The van der Waals surface area contributed by atoms with E-state index in [0.717, 1.165) is 12.8 Å². The van der Waals surface area contributed by atoms with Crippen molar-refractivity contribution in [2.24, 2.45) is 16.7 Å². The Morgan fingerprint density at radius 2 is 2.05 bits per heavy atom. The molecule has 0 aromatic carbocycles. The van der Waals surface area contributed by atoms with Gasteiger partial charge >= 0.3 is 5.97 Å². The summed E-state index contributed by atoms with van der Waals surface area (Å²) in [5.41, 5.74) is 0.217. The number of nitrogens with zero attached hydrogens (tertiary/aromatic N) is 1. The number of hydrogen-bond donors (Lipinski definition) is 0. The molecule has 120 valence electrons. The lowest BCUT2D eigenvalue weighted by molar-refractivity contribution is -0.156. The number of sulfonamides is 1. The molecule has 1 aliphatic heterocycles. The Morgan fingerprint density at radius 1 is 1.33 bits per heavy atom. The predicted octanol–water partition coefficient (Wildman–Crippen LogP) is 1.78. The van der Waals surface area contributed by atoms with E-state index < -0.39 is 16.0 Å². The fourth-order valence-corrected chi connectivity index (χ4v) is 5.98. The van der Waals surface area contributed by atoms with Gasteiger partial charge in [0, 0.05) is 12.0 Å². The van der Waals surface area contributed by atoms with E-state index in [-0.39, 0.29) is 29.2 Å². The first-order valence-corrected chi connectivity index (χ1v) is 9.45. The van der Waals surface area contributed by atoms with Gasteiger partial charge in [0.25, 0.3) is 0 Å². The van der Waals surface area contributed by atoms with Crippen molar-refractivity contribution in [3.8, 4) is 0 Å². The fourth-order valence-electron chi connectivity index (χ4n) is 4.52. The van der Waals surface area contributed by atoms with Crippen LogP contribution in [-0.4, -0.2) is 43.6 Å². The summed E-state index contributed by atoms with van der Waals surface area (Å²) in [5, 5.41) is 0. The highest BCUT2D eigenvalue weighted by Gasteiger charge is 2.62. The van der Waals surface area contributed by atoms with Crippen molar-refractivity contribution >= 4 is 16.0 Å². The van der Waals surface area contributed by atoms with Gasteiger partial charge in [-0.1, -0.05) is 20.8 Å². The van der Waals surface area contributed by atoms with Crippen LogP contribution >= 0.6 is 0 Å². The molecule has 2 aliphatic carbocycles. The second-order valence-corrected chi connectivity index (χ2v) is 9.68. The number of rotatable bonds is 3. The first-order valence-electron chi connectivity index (χ1n) is 7.84. The number of carbonyl (C=O) groups excluding carboxylic acids is 1. The number of ether oxygens (including phenoxy) is 1. The number of fused-ring (bicyclic) bond motifs is 2. The minimum Gasteiger partial charge on any atom is -0.461 e. The summed E-state index contributed by atoms with van der Waals surface area (Å²) in [6, 6.07) is 0. The summed E-state index contributed by atoms with van der Waals surface area (Å²) in [4.78, 5) is 12.1. The van der Waals surface area contributed by atoms with E-state index in [0.29, 0.717) is 18.9 Å². The van der Waals surface area contributed by atoms with Crippen molar-refractivity contribution < 1.29 is 17.9 Å². The summed E-state index contributed by atoms with van der Waals surface area (Å²) < 4.78 is 30.4. The van der Waals surface area contributed by atoms with Crippen LogP contribution in [0, 0.1) is 16.7 Å². The van der Waals surface area contributed by atoms with Crippen LogP contribution in [-0.2, 0) is 19.6 Å². The molecular weight excluding hydrogens is 290 g/mol. The van der Waals surface area contributed by atoms with Crippen LogP contribution in [0.4, 0.5) is 0 Å². The van der Waals surface area contributed by atoms with Crippen molar-refractivity contribution in [3.63, 3.8) is 0 Å². The van der Waals surface area contributed by atoms with E-state index in [1.54, 1.807) is 0 Å². The maximum atomic E-state index is 12.1. The standard InChI is InChI=1S/C15H25NO4S/c1-14(2)11-5-6-15(14,3)12(9-11)20-13(17)10-16-7-4-8-21(16,18)19/h11-12H,4-10H2,1-3H3/t11-,12+,15-/m0/s1. The minimum absolute atomic E-state index is 0.0250. The Balaban J connectivity index is 1.65. The number of esters is 1. The molecule has 0 spiro atoms. The average molecular weight is 315 g/mol. The average Bonchev–Trinajstić information content (AvgIpc) is 2.87. The SMILES string of the molecule is CC1(C)[C@H]2CC[C@@]1(C)[C@H](OC(=O)CN1CCCS1(=O)=O)C2. The first kappa shape index (κ1) is 15.3. The highest BCUT2D eigenvalue weighted by atomic mass is 32.2. The molecule has 2 bridgehead atoms. The molecule has 0 unspecified atom stereocenters. The molecule has 3 atom stereocenters. The summed E-state index contributed by atoms with van der Waals surface area (Å²) >= 11 is 0. The van der Waals surface area contributed by atoms with Gasteiger partial charge in [0.15, 0.2) is 0 Å². The van der Waals surface area contributed by atoms with Gasteiger partial charge in [-0.2, -0.15) is 4.31 Å². The molecule has 0 amide bonds. The number of carbonyl (C=O) groups is 1. The van der Waals surface area contributed by atoms with E-state index in [2.05, 4.69) is 20.8 Å². The molecule has 6 heteroatoms. The van der Waals surface area contributed by atoms with E-state index >= 15 is 0 Å². The Hall–Kier alpha value is -0.620. The van der Waals surface area contributed by atoms with E-state index in [9.17, 15) is 13.2 Å². The summed E-state index contributed by atoms with van der Waals surface area (Å²) in [5.74, 6) is 0.363. The summed E-state index contributed by atoms with van der Waals surface area (Å²) in [6.07, 6.45) is 3.75. The molecule has 2 saturated carbocycles. The molecule has 1 heterocycles. The molecule has 1 saturated heterocycles. The molecule has 3 fully saturated rings. The van der Waals surface area contributed by atoms with Crippen LogP contribution < -0.4 is 0 Å². The second-order valence-electron chi connectivity index (χ2n) is 7.59. The molecule has 3 rings (SSSR count). The highest BCUT2D eigenvalue weighted by Crippen LogP contribution is 2.66. The number of hydrogen-bond acceptors (Lipinski definition) is 4. The Morgan fingerprint density at radius 3 is 2.52 bits per heavy atom. The second kappa shape index (κ2) is 4.69. The van der Waals surface area contributed by atoms with Crippen molar-refractivity contribution in [1.82, 2.24) is 4.31 Å². The third-order valence-corrected chi connectivity index (χ3v) is 8.40. The summed E-state index contributed by atoms with van der Waals surface area (Å²) in [7, 11) is -3.23. The lowest BCUT2D eigenvalue weighted by atomic mass is 9.70. The van der Waals surface area contributed by atoms with Gasteiger partial charge in [-0.25, -0.2) is 8.42 Å². The van der Waals surface area contributed by atoms with Crippen molar-refractivity contribution in [2.75, 3.05) is 18.8 Å². The van der Waals surface area contributed by atoms with Gasteiger partial charge in [-0.3, -0.25) is 4.79 Å². The van der Waals surface area contributed by atoms with E-state index in [4.69, 9.17) is 4.74 Å². The quantitative estimate of drug-likeness (QED) is 0.745.